The Labute approximate surface area is 88.4 Å². The van der Waals surface area contributed by atoms with Crippen LogP contribution in [0.2, 0.25) is 0 Å². The Hall–Kier alpha value is -1.96. The van der Waals surface area contributed by atoms with Crippen LogP contribution in [-0.4, -0.2) is 11.4 Å². The summed E-state index contributed by atoms with van der Waals surface area (Å²) in [5.41, 5.74) is 1.81. The molecule has 0 aromatic rings. The molecule has 1 heterocycles. The third kappa shape index (κ3) is 1.11. The first-order valence-electron chi connectivity index (χ1n) is 4.95. The first-order valence-corrected chi connectivity index (χ1v) is 4.95. The lowest BCUT2D eigenvalue weighted by Gasteiger charge is -2.30. The molecule has 0 radical (unpaired) electrons. The molecule has 2 heteroatoms. The van der Waals surface area contributed by atoms with E-state index in [1.165, 1.54) is 0 Å². The van der Waals surface area contributed by atoms with E-state index in [4.69, 9.17) is 0 Å². The largest absolute Gasteiger partial charge is 0.258 e. The molecule has 0 bridgehead atoms. The fraction of sp³-hybridized carbons (Fsp3) is 0.0769. The van der Waals surface area contributed by atoms with Crippen molar-refractivity contribution in [1.82, 2.24) is 0 Å². The van der Waals surface area contributed by atoms with Crippen molar-refractivity contribution in [2.75, 3.05) is 0 Å². The molecule has 0 amide bonds. The van der Waals surface area contributed by atoms with E-state index in [0.29, 0.717) is 0 Å². The Kier molecular flexibility index (Phi) is 1.68. The highest BCUT2D eigenvalue weighted by Gasteiger charge is 2.36. The van der Waals surface area contributed by atoms with E-state index in [2.05, 4.69) is 22.1 Å². The average Bonchev–Trinajstić information content (AvgIpc) is 2.47. The molecule has 0 N–H and O–H groups in total. The normalized spacial score (nSPS) is 24.0. The zero-order chi connectivity index (χ0) is 10.1. The van der Waals surface area contributed by atoms with Crippen molar-refractivity contribution < 1.29 is 0 Å². The molecule has 3 aliphatic rings. The topological polar surface area (TPSA) is 24.7 Å². The molecule has 3 rings (SSSR count). The van der Waals surface area contributed by atoms with Crippen molar-refractivity contribution in [2.24, 2.45) is 15.4 Å². The molecule has 0 aromatic heterocycles. The summed E-state index contributed by atoms with van der Waals surface area (Å²) >= 11 is 0. The fourth-order valence-corrected chi connectivity index (χ4v) is 2.04. The lowest BCUT2D eigenvalue weighted by atomic mass is 9.73. The molecule has 2 nitrogen and oxygen atoms in total. The van der Waals surface area contributed by atoms with Crippen LogP contribution in [0.4, 0.5) is 0 Å². The Morgan fingerprint density at radius 1 is 0.733 bits per heavy atom. The number of aliphatic imine (C=N–C) groups is 2. The highest BCUT2D eigenvalue weighted by atomic mass is 14.8. The van der Waals surface area contributed by atoms with Crippen molar-refractivity contribution in [3.05, 3.63) is 61.0 Å². The highest BCUT2D eigenvalue weighted by Crippen LogP contribution is 2.33. The third-order valence-electron chi connectivity index (χ3n) is 2.79. The van der Waals surface area contributed by atoms with E-state index in [1.807, 2.05) is 36.5 Å². The lowest BCUT2D eigenvalue weighted by molar-refractivity contribution is 0.939. The van der Waals surface area contributed by atoms with Crippen molar-refractivity contribution in [2.45, 2.75) is 0 Å². The first-order chi connectivity index (χ1) is 7.42. The Bertz CT molecular complexity index is 451. The molecular weight excluding hydrogens is 184 g/mol. The Morgan fingerprint density at radius 2 is 1.27 bits per heavy atom. The van der Waals surface area contributed by atoms with Crippen LogP contribution in [0.1, 0.15) is 0 Å². The summed E-state index contributed by atoms with van der Waals surface area (Å²) in [6.07, 6.45) is 19.9. The zero-order valence-electron chi connectivity index (χ0n) is 8.17. The van der Waals surface area contributed by atoms with Crippen LogP contribution in [0.3, 0.4) is 0 Å². The summed E-state index contributed by atoms with van der Waals surface area (Å²) in [6, 6.07) is 0. The van der Waals surface area contributed by atoms with E-state index in [0.717, 1.165) is 11.4 Å². The van der Waals surface area contributed by atoms with Gasteiger partial charge in [-0.05, 0) is 12.2 Å². The number of nitrogens with zero attached hydrogens (tertiary/aromatic N) is 2. The molecule has 2 aliphatic carbocycles. The van der Waals surface area contributed by atoms with Gasteiger partial charge in [0.05, 0.1) is 16.8 Å². The van der Waals surface area contributed by atoms with Crippen molar-refractivity contribution in [1.29, 1.82) is 0 Å². The molecule has 1 spiro atoms. The van der Waals surface area contributed by atoms with Gasteiger partial charge in [-0.25, -0.2) is 0 Å². The molecule has 0 saturated heterocycles. The average molecular weight is 194 g/mol. The number of allylic oxidation sites excluding steroid dienone is 8. The van der Waals surface area contributed by atoms with E-state index in [9.17, 15) is 0 Å². The molecule has 0 fully saturated rings. The van der Waals surface area contributed by atoms with Crippen molar-refractivity contribution in [3.8, 4) is 0 Å². The Morgan fingerprint density at radius 3 is 1.80 bits per heavy atom. The minimum absolute atomic E-state index is 0.243. The second-order valence-electron chi connectivity index (χ2n) is 3.63. The summed E-state index contributed by atoms with van der Waals surface area (Å²) in [5.74, 6) is 0. The summed E-state index contributed by atoms with van der Waals surface area (Å²) in [7, 11) is 0. The molecular formula is C13H10N2. The first kappa shape index (κ1) is 8.36. The fourth-order valence-electron chi connectivity index (χ4n) is 2.04. The highest BCUT2D eigenvalue weighted by molar-refractivity contribution is 6.24. The van der Waals surface area contributed by atoms with Gasteiger partial charge in [0, 0.05) is 12.4 Å². The second-order valence-corrected chi connectivity index (χ2v) is 3.63. The number of rotatable bonds is 0. The minimum atomic E-state index is -0.243. The van der Waals surface area contributed by atoms with Crippen LogP contribution in [0, 0.1) is 5.41 Å². The maximum atomic E-state index is 4.42. The van der Waals surface area contributed by atoms with Crippen LogP contribution in [0.15, 0.2) is 71.0 Å². The summed E-state index contributed by atoms with van der Waals surface area (Å²) in [4.78, 5) is 8.84. The van der Waals surface area contributed by atoms with Gasteiger partial charge in [-0.15, -0.1) is 0 Å². The maximum Gasteiger partial charge on any atom is 0.0913 e. The predicted octanol–water partition coefficient (Wildman–Crippen LogP) is 2.59. The van der Waals surface area contributed by atoms with Gasteiger partial charge in [0.25, 0.3) is 0 Å². The molecule has 72 valence electrons. The standard InChI is InChI=1S/C13H10N2/c1-3-7-13-8-4-2-6-12(13)15-10-9-14-11(13)5-1/h1-10H. The van der Waals surface area contributed by atoms with E-state index in [1.54, 1.807) is 12.4 Å². The summed E-state index contributed by atoms with van der Waals surface area (Å²) in [6.45, 7) is 0. The zero-order valence-corrected chi connectivity index (χ0v) is 8.17. The maximum absolute atomic E-state index is 4.42. The summed E-state index contributed by atoms with van der Waals surface area (Å²) in [5, 5.41) is 0. The minimum Gasteiger partial charge on any atom is -0.258 e. The van der Waals surface area contributed by atoms with Gasteiger partial charge < -0.3 is 0 Å². The van der Waals surface area contributed by atoms with Gasteiger partial charge in [-0.3, -0.25) is 9.98 Å². The van der Waals surface area contributed by atoms with Crippen molar-refractivity contribution in [3.63, 3.8) is 0 Å². The molecule has 0 unspecified atom stereocenters. The predicted molar refractivity (Wildman–Crippen MR) is 63.0 cm³/mol. The van der Waals surface area contributed by atoms with Gasteiger partial charge in [0.2, 0.25) is 0 Å². The third-order valence-corrected chi connectivity index (χ3v) is 2.79. The van der Waals surface area contributed by atoms with E-state index >= 15 is 0 Å². The quantitative estimate of drug-likeness (QED) is 0.566. The van der Waals surface area contributed by atoms with Gasteiger partial charge in [0.1, 0.15) is 0 Å². The van der Waals surface area contributed by atoms with Gasteiger partial charge in [-0.2, -0.15) is 0 Å². The van der Waals surface area contributed by atoms with Crippen molar-refractivity contribution >= 4 is 11.4 Å². The van der Waals surface area contributed by atoms with Crippen LogP contribution in [-0.2, 0) is 0 Å². The molecule has 15 heavy (non-hydrogen) atoms. The number of hydrogen-bond acceptors (Lipinski definition) is 2. The van der Waals surface area contributed by atoms with E-state index in [-0.39, 0.29) is 5.41 Å². The number of hydrogen-bond donors (Lipinski definition) is 0. The molecule has 1 aliphatic heterocycles. The smallest absolute Gasteiger partial charge is 0.0913 e. The van der Waals surface area contributed by atoms with Crippen LogP contribution in [0.5, 0.6) is 0 Å². The van der Waals surface area contributed by atoms with Crippen LogP contribution < -0.4 is 0 Å². The van der Waals surface area contributed by atoms with Crippen LogP contribution in [0.25, 0.3) is 0 Å². The van der Waals surface area contributed by atoms with Gasteiger partial charge in [0.15, 0.2) is 0 Å². The van der Waals surface area contributed by atoms with Gasteiger partial charge in [-0.1, -0.05) is 36.5 Å². The molecule has 0 atom stereocenters. The SMILES string of the molecule is C1=CC2=NC=CN=C3C=CC=CC23C=C1. The lowest BCUT2D eigenvalue weighted by Crippen LogP contribution is -2.35. The van der Waals surface area contributed by atoms with Crippen LogP contribution >= 0.6 is 0 Å². The molecule has 0 aromatic carbocycles. The Balaban J connectivity index is 2.27. The van der Waals surface area contributed by atoms with E-state index < -0.39 is 0 Å². The monoisotopic (exact) mass is 194 g/mol. The second kappa shape index (κ2) is 3.02. The molecule has 0 saturated carbocycles. The van der Waals surface area contributed by atoms with Gasteiger partial charge >= 0.3 is 0 Å². The summed E-state index contributed by atoms with van der Waals surface area (Å²) < 4.78 is 0.